The maximum Gasteiger partial charge on any atom is 0.238 e. The highest BCUT2D eigenvalue weighted by Gasteiger charge is 2.04. The molecule has 0 unspecified atom stereocenters. The van der Waals surface area contributed by atoms with Crippen LogP contribution in [0.3, 0.4) is 0 Å². The van der Waals surface area contributed by atoms with Gasteiger partial charge in [-0.1, -0.05) is 17.7 Å². The number of hydrogen-bond acceptors (Lipinski definition) is 3. The number of amides is 1. The van der Waals surface area contributed by atoms with Gasteiger partial charge in [-0.3, -0.25) is 9.78 Å². The van der Waals surface area contributed by atoms with E-state index < -0.39 is 0 Å². The van der Waals surface area contributed by atoms with Crippen molar-refractivity contribution in [1.29, 1.82) is 0 Å². The zero-order chi connectivity index (χ0) is 14.4. The molecule has 2 aromatic rings. The number of anilines is 1. The molecule has 0 fully saturated rings. The molecule has 4 nitrogen and oxygen atoms in total. The number of rotatable bonds is 5. The Morgan fingerprint density at radius 2 is 1.90 bits per heavy atom. The second kappa shape index (κ2) is 6.82. The van der Waals surface area contributed by atoms with Crippen LogP contribution in [0.15, 0.2) is 42.7 Å². The smallest absolute Gasteiger partial charge is 0.238 e. The molecular weight excluding hydrogens is 250 g/mol. The number of hydrogen-bond donors (Lipinski definition) is 2. The normalized spacial score (nSPS) is 10.3. The van der Waals surface area contributed by atoms with E-state index >= 15 is 0 Å². The van der Waals surface area contributed by atoms with Crippen LogP contribution in [0.5, 0.6) is 0 Å². The molecule has 0 saturated heterocycles. The molecule has 1 aromatic carbocycles. The molecule has 4 heteroatoms. The predicted molar refractivity (Wildman–Crippen MR) is 80.5 cm³/mol. The van der Waals surface area contributed by atoms with Crippen molar-refractivity contribution < 1.29 is 4.79 Å². The van der Waals surface area contributed by atoms with Gasteiger partial charge in [-0.25, -0.2) is 0 Å². The number of pyridine rings is 1. The number of carbonyl (C=O) groups excluding carboxylic acids is 1. The monoisotopic (exact) mass is 269 g/mol. The van der Waals surface area contributed by atoms with E-state index in [1.54, 1.807) is 12.4 Å². The van der Waals surface area contributed by atoms with E-state index in [-0.39, 0.29) is 12.5 Å². The lowest BCUT2D eigenvalue weighted by Gasteiger charge is -2.10. The van der Waals surface area contributed by atoms with E-state index in [9.17, 15) is 4.79 Å². The molecule has 0 atom stereocenters. The number of nitrogens with one attached hydrogen (secondary N) is 2. The van der Waals surface area contributed by atoms with Gasteiger partial charge in [0.25, 0.3) is 0 Å². The molecule has 1 heterocycles. The lowest BCUT2D eigenvalue weighted by molar-refractivity contribution is -0.115. The van der Waals surface area contributed by atoms with Crippen molar-refractivity contribution in [2.75, 3.05) is 11.9 Å². The minimum absolute atomic E-state index is 0.0361. The van der Waals surface area contributed by atoms with Crippen LogP contribution in [0, 0.1) is 13.8 Å². The highest BCUT2D eigenvalue weighted by atomic mass is 16.1. The third-order valence-corrected chi connectivity index (χ3v) is 3.02. The van der Waals surface area contributed by atoms with E-state index in [2.05, 4.69) is 21.7 Å². The Bertz CT molecular complexity index is 582. The van der Waals surface area contributed by atoms with Crippen molar-refractivity contribution in [3.63, 3.8) is 0 Å². The molecule has 0 aliphatic carbocycles. The lowest BCUT2D eigenvalue weighted by atomic mass is 10.1. The zero-order valence-electron chi connectivity index (χ0n) is 11.8. The maximum absolute atomic E-state index is 11.9. The Hall–Kier alpha value is -2.20. The fourth-order valence-electron chi connectivity index (χ4n) is 1.97. The fourth-order valence-corrected chi connectivity index (χ4v) is 1.97. The van der Waals surface area contributed by atoms with Gasteiger partial charge in [0.15, 0.2) is 0 Å². The van der Waals surface area contributed by atoms with Crippen molar-refractivity contribution in [3.8, 4) is 0 Å². The molecule has 0 bridgehead atoms. The van der Waals surface area contributed by atoms with E-state index in [1.165, 1.54) is 5.56 Å². The van der Waals surface area contributed by atoms with Crippen LogP contribution >= 0.6 is 0 Å². The first-order valence-corrected chi connectivity index (χ1v) is 6.62. The first kappa shape index (κ1) is 14.2. The predicted octanol–water partition coefficient (Wildman–Crippen LogP) is 2.43. The minimum Gasteiger partial charge on any atom is -0.325 e. The van der Waals surface area contributed by atoms with Gasteiger partial charge in [0.1, 0.15) is 0 Å². The topological polar surface area (TPSA) is 54.0 Å². The molecule has 0 spiro atoms. The van der Waals surface area contributed by atoms with Crippen LogP contribution in [0.2, 0.25) is 0 Å². The summed E-state index contributed by atoms with van der Waals surface area (Å²) in [6.45, 7) is 4.97. The summed E-state index contributed by atoms with van der Waals surface area (Å²) >= 11 is 0. The second-order valence-electron chi connectivity index (χ2n) is 4.83. The molecule has 0 aliphatic heterocycles. The number of nitrogens with zero attached hydrogens (tertiary/aromatic N) is 1. The third-order valence-electron chi connectivity index (χ3n) is 3.02. The van der Waals surface area contributed by atoms with E-state index in [1.807, 2.05) is 38.1 Å². The van der Waals surface area contributed by atoms with Crippen molar-refractivity contribution in [3.05, 3.63) is 59.4 Å². The highest BCUT2D eigenvalue weighted by Crippen LogP contribution is 2.15. The van der Waals surface area contributed by atoms with Crippen molar-refractivity contribution >= 4 is 11.6 Å². The van der Waals surface area contributed by atoms with Gasteiger partial charge in [0.2, 0.25) is 5.91 Å². The summed E-state index contributed by atoms with van der Waals surface area (Å²) in [4.78, 5) is 15.8. The highest BCUT2D eigenvalue weighted by molar-refractivity contribution is 5.92. The SMILES string of the molecule is Cc1ccc(NC(=O)CNCc2ccncc2)c(C)c1. The largest absolute Gasteiger partial charge is 0.325 e. The van der Waals surface area contributed by atoms with Crippen molar-refractivity contribution in [2.24, 2.45) is 0 Å². The first-order valence-electron chi connectivity index (χ1n) is 6.62. The van der Waals surface area contributed by atoms with Crippen molar-refractivity contribution in [1.82, 2.24) is 10.3 Å². The quantitative estimate of drug-likeness (QED) is 0.876. The molecular formula is C16H19N3O. The van der Waals surface area contributed by atoms with Gasteiger partial charge in [-0.05, 0) is 43.2 Å². The third kappa shape index (κ3) is 4.17. The van der Waals surface area contributed by atoms with Crippen LogP contribution in [-0.4, -0.2) is 17.4 Å². The van der Waals surface area contributed by atoms with E-state index in [0.717, 1.165) is 16.8 Å². The number of carbonyl (C=O) groups is 1. The number of aryl methyl sites for hydroxylation is 2. The van der Waals surface area contributed by atoms with Crippen LogP contribution in [-0.2, 0) is 11.3 Å². The van der Waals surface area contributed by atoms with Gasteiger partial charge in [0.05, 0.1) is 6.54 Å². The lowest BCUT2D eigenvalue weighted by Crippen LogP contribution is -2.28. The number of aromatic nitrogens is 1. The average molecular weight is 269 g/mol. The summed E-state index contributed by atoms with van der Waals surface area (Å²) in [5.74, 6) is -0.0361. The molecule has 2 N–H and O–H groups in total. The Morgan fingerprint density at radius 1 is 1.15 bits per heavy atom. The molecule has 1 aromatic heterocycles. The van der Waals surface area contributed by atoms with Gasteiger partial charge in [0, 0.05) is 24.6 Å². The summed E-state index contributed by atoms with van der Waals surface area (Å²) in [5, 5.41) is 6.02. The molecule has 0 aliphatic rings. The second-order valence-corrected chi connectivity index (χ2v) is 4.83. The first-order chi connectivity index (χ1) is 9.65. The standard InChI is InChI=1S/C16H19N3O/c1-12-3-4-15(13(2)9-12)19-16(20)11-18-10-14-5-7-17-8-6-14/h3-9,18H,10-11H2,1-2H3,(H,19,20). The van der Waals surface area contributed by atoms with Crippen LogP contribution in [0.1, 0.15) is 16.7 Å². The summed E-state index contributed by atoms with van der Waals surface area (Å²) < 4.78 is 0. The van der Waals surface area contributed by atoms with Gasteiger partial charge < -0.3 is 10.6 Å². The summed E-state index contributed by atoms with van der Waals surface area (Å²) in [7, 11) is 0. The van der Waals surface area contributed by atoms with Crippen LogP contribution in [0.25, 0.3) is 0 Å². The zero-order valence-corrected chi connectivity index (χ0v) is 11.8. The Balaban J connectivity index is 1.81. The van der Waals surface area contributed by atoms with Crippen LogP contribution in [0.4, 0.5) is 5.69 Å². The van der Waals surface area contributed by atoms with E-state index in [0.29, 0.717) is 6.54 Å². The minimum atomic E-state index is -0.0361. The number of benzene rings is 1. The average Bonchev–Trinajstić information content (AvgIpc) is 2.43. The van der Waals surface area contributed by atoms with Crippen LogP contribution < -0.4 is 10.6 Å². The van der Waals surface area contributed by atoms with E-state index in [4.69, 9.17) is 0 Å². The Labute approximate surface area is 119 Å². The Morgan fingerprint density at radius 3 is 2.60 bits per heavy atom. The van der Waals surface area contributed by atoms with Crippen molar-refractivity contribution in [2.45, 2.75) is 20.4 Å². The van der Waals surface area contributed by atoms with Gasteiger partial charge in [-0.2, -0.15) is 0 Å². The van der Waals surface area contributed by atoms with Gasteiger partial charge in [-0.15, -0.1) is 0 Å². The molecule has 2 rings (SSSR count). The molecule has 1 amide bonds. The fraction of sp³-hybridized carbons (Fsp3) is 0.250. The summed E-state index contributed by atoms with van der Waals surface area (Å²) in [6, 6.07) is 9.84. The van der Waals surface area contributed by atoms with Gasteiger partial charge >= 0.3 is 0 Å². The summed E-state index contributed by atoms with van der Waals surface area (Å²) in [6.07, 6.45) is 3.49. The maximum atomic E-state index is 11.9. The summed E-state index contributed by atoms with van der Waals surface area (Å²) in [5.41, 5.74) is 4.24. The molecule has 104 valence electrons. The molecule has 0 saturated carbocycles. The molecule has 20 heavy (non-hydrogen) atoms. The Kier molecular flexibility index (Phi) is 4.85. The molecule has 0 radical (unpaired) electrons.